The van der Waals surface area contributed by atoms with Crippen LogP contribution in [0.3, 0.4) is 0 Å². The highest BCUT2D eigenvalue weighted by Crippen LogP contribution is 2.26. The molecule has 4 N–H and O–H groups in total. The summed E-state index contributed by atoms with van der Waals surface area (Å²) in [6.45, 7) is 6.43. The molecule has 3 atom stereocenters. The number of ketones is 1. The normalized spacial score (nSPS) is 13.6. The number of aliphatic hydroxyl groups is 1. The van der Waals surface area contributed by atoms with Crippen LogP contribution < -0.4 is 10.1 Å². The predicted molar refractivity (Wildman–Crippen MR) is 183 cm³/mol. The molecule has 0 aromatic heterocycles. The Bertz CT molecular complexity index is 1220. The lowest BCUT2D eigenvalue weighted by Crippen LogP contribution is -2.55. The number of aliphatic carboxylic acids is 2. The first kappa shape index (κ1) is 42.0. The number of allylic oxidation sites excluding steroid dienone is 2. The van der Waals surface area contributed by atoms with Crippen LogP contribution in [0.15, 0.2) is 48.1 Å². The van der Waals surface area contributed by atoms with Crippen molar-refractivity contribution in [2.45, 2.75) is 122 Å². The van der Waals surface area contributed by atoms with Gasteiger partial charge in [-0.15, -0.1) is 0 Å². The number of carbonyl (C=O) groups is 5. The fourth-order valence-electron chi connectivity index (χ4n) is 5.02. The Balaban J connectivity index is 2.88. The van der Waals surface area contributed by atoms with Crippen molar-refractivity contribution in [2.75, 3.05) is 13.7 Å². The summed E-state index contributed by atoms with van der Waals surface area (Å²) in [5.74, 6) is -6.25. The molecule has 1 rings (SSSR count). The molecule has 1 aromatic rings. The third kappa shape index (κ3) is 16.7. The Morgan fingerprint density at radius 3 is 2.04 bits per heavy atom. The lowest BCUT2D eigenvalue weighted by molar-refractivity contribution is -0.173. The van der Waals surface area contributed by atoms with Crippen molar-refractivity contribution in [3.8, 4) is 5.75 Å². The minimum atomic E-state index is -2.89. The number of unbranched alkanes of at least 4 members (excludes halogenated alkanes) is 8. The molecule has 48 heavy (non-hydrogen) atoms. The summed E-state index contributed by atoms with van der Waals surface area (Å²) in [6.07, 6.45) is 13.7. The fourth-order valence-corrected chi connectivity index (χ4v) is 5.02. The largest absolute Gasteiger partial charge is 0.490 e. The van der Waals surface area contributed by atoms with Gasteiger partial charge in [-0.1, -0.05) is 75.3 Å². The van der Waals surface area contributed by atoms with E-state index in [1.807, 2.05) is 19.9 Å². The van der Waals surface area contributed by atoms with E-state index in [1.54, 1.807) is 30.3 Å². The van der Waals surface area contributed by atoms with Crippen molar-refractivity contribution in [1.82, 2.24) is 5.32 Å². The van der Waals surface area contributed by atoms with E-state index < -0.39 is 47.8 Å². The van der Waals surface area contributed by atoms with Crippen LogP contribution in [0.25, 0.3) is 0 Å². The zero-order valence-electron chi connectivity index (χ0n) is 29.0. The molecule has 0 aliphatic heterocycles. The van der Waals surface area contributed by atoms with Crippen molar-refractivity contribution in [2.24, 2.45) is 5.92 Å². The Morgan fingerprint density at radius 1 is 0.896 bits per heavy atom. The number of carboxylic acids is 2. The van der Waals surface area contributed by atoms with Crippen LogP contribution in [0.5, 0.6) is 5.75 Å². The third-order valence-electron chi connectivity index (χ3n) is 7.99. The number of methoxy groups -OCH3 is 1. The van der Waals surface area contributed by atoms with E-state index in [4.69, 9.17) is 4.74 Å². The minimum absolute atomic E-state index is 0.129. The molecule has 1 aromatic carbocycles. The topological polar surface area (TPSA) is 177 Å². The quantitative estimate of drug-likeness (QED) is 0.0521. The number of ether oxygens (including phenoxy) is 2. The molecule has 0 heterocycles. The van der Waals surface area contributed by atoms with Crippen LogP contribution in [0.2, 0.25) is 0 Å². The van der Waals surface area contributed by atoms with Gasteiger partial charge < -0.3 is 30.1 Å². The molecule has 0 radical (unpaired) electrons. The highest BCUT2D eigenvalue weighted by atomic mass is 16.5. The number of amides is 1. The van der Waals surface area contributed by atoms with Gasteiger partial charge in [-0.2, -0.15) is 0 Å². The van der Waals surface area contributed by atoms with Crippen LogP contribution in [-0.2, 0) is 35.1 Å². The predicted octanol–water partition coefficient (Wildman–Crippen LogP) is 5.96. The van der Waals surface area contributed by atoms with Crippen LogP contribution in [0, 0.1) is 5.92 Å². The van der Waals surface area contributed by atoms with Crippen LogP contribution in [0.4, 0.5) is 0 Å². The van der Waals surface area contributed by atoms with Gasteiger partial charge >= 0.3 is 17.9 Å². The van der Waals surface area contributed by atoms with Crippen molar-refractivity contribution < 1.29 is 48.8 Å². The average molecular weight is 674 g/mol. The smallest absolute Gasteiger partial charge is 0.337 e. The highest BCUT2D eigenvalue weighted by molar-refractivity contribution is 5.94. The highest BCUT2D eigenvalue weighted by Gasteiger charge is 2.49. The van der Waals surface area contributed by atoms with Gasteiger partial charge in [0, 0.05) is 19.3 Å². The summed E-state index contributed by atoms with van der Waals surface area (Å²) in [4.78, 5) is 61.9. The number of hydrogen-bond acceptors (Lipinski definition) is 8. The van der Waals surface area contributed by atoms with Gasteiger partial charge in [-0.05, 0) is 63.3 Å². The Kier molecular flexibility index (Phi) is 20.5. The summed E-state index contributed by atoms with van der Waals surface area (Å²) >= 11 is 0. The van der Waals surface area contributed by atoms with E-state index in [1.165, 1.54) is 18.9 Å². The van der Waals surface area contributed by atoms with E-state index in [0.717, 1.165) is 51.2 Å². The number of esters is 1. The Hall–Kier alpha value is -3.99. The van der Waals surface area contributed by atoms with Gasteiger partial charge in [0.05, 0.1) is 19.4 Å². The van der Waals surface area contributed by atoms with Crippen molar-refractivity contribution in [1.29, 1.82) is 0 Å². The van der Waals surface area contributed by atoms with Crippen LogP contribution in [0.1, 0.15) is 110 Å². The summed E-state index contributed by atoms with van der Waals surface area (Å²) < 4.78 is 10.2. The van der Waals surface area contributed by atoms with E-state index in [2.05, 4.69) is 17.0 Å². The maximum atomic E-state index is 13.4. The van der Waals surface area contributed by atoms with Crippen LogP contribution in [-0.4, -0.2) is 70.3 Å². The van der Waals surface area contributed by atoms with Crippen LogP contribution >= 0.6 is 0 Å². The van der Waals surface area contributed by atoms with Gasteiger partial charge in [-0.3, -0.25) is 14.4 Å². The molecule has 1 amide bonds. The molecule has 0 saturated carbocycles. The first-order valence-corrected chi connectivity index (χ1v) is 16.9. The SMILES string of the molecule is CCCCCCCC(=O)CCCCCCC=CC(C(=O)NC(Cc1ccc(OCC=C(C)C)cc1)C(=O)O)C(O)(CC(=O)OC)C(=O)O. The molecule has 3 unspecified atom stereocenters. The maximum absolute atomic E-state index is 13.4. The molecule has 0 aliphatic carbocycles. The molecule has 11 nitrogen and oxygen atoms in total. The lowest BCUT2D eigenvalue weighted by atomic mass is 9.82. The lowest BCUT2D eigenvalue weighted by Gasteiger charge is -2.30. The monoisotopic (exact) mass is 673 g/mol. The zero-order valence-corrected chi connectivity index (χ0v) is 29.0. The number of rotatable bonds is 26. The Morgan fingerprint density at radius 2 is 1.50 bits per heavy atom. The number of carbonyl (C=O) groups excluding carboxylic acids is 3. The molecule has 0 bridgehead atoms. The molecule has 268 valence electrons. The number of hydrogen-bond donors (Lipinski definition) is 4. The summed E-state index contributed by atoms with van der Waals surface area (Å²) in [5.41, 5.74) is -1.22. The first-order valence-electron chi connectivity index (χ1n) is 16.9. The summed E-state index contributed by atoms with van der Waals surface area (Å²) in [7, 11) is 1.02. The number of Topliss-reactive ketones (excluding diaryl/α,β-unsaturated/α-hetero) is 1. The summed E-state index contributed by atoms with van der Waals surface area (Å²) in [6, 6.07) is 5.21. The third-order valence-corrected chi connectivity index (χ3v) is 7.99. The fraction of sp³-hybridized carbons (Fsp3) is 0.595. The van der Waals surface area contributed by atoms with Crippen molar-refractivity contribution in [3.05, 3.63) is 53.6 Å². The van der Waals surface area contributed by atoms with E-state index in [0.29, 0.717) is 43.6 Å². The van der Waals surface area contributed by atoms with Gasteiger partial charge in [0.25, 0.3) is 0 Å². The second-order valence-electron chi connectivity index (χ2n) is 12.4. The Labute approximate surface area is 284 Å². The van der Waals surface area contributed by atoms with Gasteiger partial charge in [0.2, 0.25) is 5.91 Å². The zero-order chi connectivity index (χ0) is 36.0. The molecule has 0 spiro atoms. The van der Waals surface area contributed by atoms with E-state index in [9.17, 15) is 39.3 Å². The number of nitrogens with one attached hydrogen (secondary N) is 1. The molecule has 0 fully saturated rings. The second kappa shape index (κ2) is 23.4. The second-order valence-corrected chi connectivity index (χ2v) is 12.4. The van der Waals surface area contributed by atoms with Gasteiger partial charge in [-0.25, -0.2) is 9.59 Å². The standard InChI is InChI=1S/C37H55NO10/c1-5-6-7-10-13-16-29(39)17-14-11-8-9-12-15-18-31(37(46,36(44)45)26-33(40)47-4)34(41)38-32(35(42)43)25-28-19-21-30(22-20-28)48-24-23-27(2)3/h15,18-23,31-32,46H,5-14,16-17,24-26H2,1-4H3,(H,38,41)(H,42,43)(H,44,45). The van der Waals surface area contributed by atoms with Crippen molar-refractivity contribution in [3.63, 3.8) is 0 Å². The molecule has 0 aliphatic rings. The summed E-state index contributed by atoms with van der Waals surface area (Å²) in [5, 5.41) is 33.2. The number of carboxylic acid groups (broad SMARTS) is 2. The first-order chi connectivity index (χ1) is 22.8. The van der Waals surface area contributed by atoms with Crippen molar-refractivity contribution >= 4 is 29.6 Å². The van der Waals surface area contributed by atoms with Gasteiger partial charge in [0.15, 0.2) is 5.60 Å². The minimum Gasteiger partial charge on any atom is -0.490 e. The molecular weight excluding hydrogens is 618 g/mol. The van der Waals surface area contributed by atoms with Gasteiger partial charge in [0.1, 0.15) is 24.2 Å². The molecule has 0 saturated heterocycles. The van der Waals surface area contributed by atoms with E-state index >= 15 is 0 Å². The average Bonchev–Trinajstić information content (AvgIpc) is 3.03. The number of benzene rings is 1. The maximum Gasteiger partial charge on any atom is 0.337 e. The molecule has 11 heteroatoms. The van der Waals surface area contributed by atoms with E-state index in [-0.39, 0.29) is 12.2 Å². The molecular formula is C37H55NO10.